The number of alkyl halides is 3. The van der Waals surface area contributed by atoms with Crippen LogP contribution in [0.15, 0.2) is 54.9 Å². The Morgan fingerprint density at radius 2 is 1.93 bits per heavy atom. The van der Waals surface area contributed by atoms with Gasteiger partial charge in [0.1, 0.15) is 12.4 Å². The third kappa shape index (κ3) is 5.20. The van der Waals surface area contributed by atoms with Crippen molar-refractivity contribution in [1.82, 2.24) is 25.4 Å². The van der Waals surface area contributed by atoms with Crippen molar-refractivity contribution in [2.75, 3.05) is 14.1 Å². The molecule has 0 radical (unpaired) electrons. The highest BCUT2D eigenvalue weighted by atomic mass is 19.4. The van der Waals surface area contributed by atoms with Gasteiger partial charge in [0.15, 0.2) is 5.82 Å². The average Bonchev–Trinajstić information content (AvgIpc) is 3.19. The van der Waals surface area contributed by atoms with E-state index in [1.165, 1.54) is 18.5 Å². The number of hydrogen-bond acceptors (Lipinski definition) is 4. The lowest BCUT2D eigenvalue weighted by atomic mass is 10.0. The van der Waals surface area contributed by atoms with Crippen molar-refractivity contribution < 1.29 is 18.0 Å². The van der Waals surface area contributed by atoms with Crippen LogP contribution in [0.1, 0.15) is 38.9 Å². The number of hydrogen-bond donors (Lipinski definition) is 2. The maximum absolute atomic E-state index is 13.1. The number of halogens is 3. The van der Waals surface area contributed by atoms with Gasteiger partial charge in [0.25, 0.3) is 5.91 Å². The lowest BCUT2D eigenvalue weighted by molar-refractivity contribution is -0.137. The molecular weight excluding hydrogens is 383 g/mol. The van der Waals surface area contributed by atoms with Crippen LogP contribution < -0.4 is 5.32 Å². The molecule has 3 rings (SSSR count). The van der Waals surface area contributed by atoms with Gasteiger partial charge < -0.3 is 10.2 Å². The number of carbonyl (C=O) groups excluding carboxylic acids is 1. The third-order valence-electron chi connectivity index (χ3n) is 4.22. The Morgan fingerprint density at radius 1 is 1.17 bits per heavy atom. The Morgan fingerprint density at radius 3 is 2.59 bits per heavy atom. The fraction of sp³-hybridized carbons (Fsp3) is 0.250. The van der Waals surface area contributed by atoms with Gasteiger partial charge >= 0.3 is 6.18 Å². The Bertz CT molecular complexity index is 970. The minimum Gasteiger partial charge on any atom is -0.338 e. The van der Waals surface area contributed by atoms with E-state index in [-0.39, 0.29) is 11.4 Å². The van der Waals surface area contributed by atoms with Crippen molar-refractivity contribution in [3.8, 4) is 0 Å². The molecule has 6 nitrogen and oxygen atoms in total. The summed E-state index contributed by atoms with van der Waals surface area (Å²) in [5, 5.41) is 9.13. The number of H-pyrrole nitrogens is 1. The van der Waals surface area contributed by atoms with E-state index in [2.05, 4.69) is 20.5 Å². The van der Waals surface area contributed by atoms with Gasteiger partial charge in [-0.25, -0.2) is 4.98 Å². The smallest absolute Gasteiger partial charge is 0.338 e. The van der Waals surface area contributed by atoms with Crippen molar-refractivity contribution in [2.24, 2.45) is 0 Å². The maximum Gasteiger partial charge on any atom is 0.416 e. The third-order valence-corrected chi connectivity index (χ3v) is 4.22. The summed E-state index contributed by atoms with van der Waals surface area (Å²) in [6.07, 6.45) is -3.26. The van der Waals surface area contributed by atoms with Crippen LogP contribution in [-0.4, -0.2) is 40.1 Å². The van der Waals surface area contributed by atoms with Crippen LogP contribution in [0.3, 0.4) is 0 Å². The number of amides is 1. The van der Waals surface area contributed by atoms with Crippen molar-refractivity contribution in [3.05, 3.63) is 82.9 Å². The monoisotopic (exact) mass is 403 g/mol. The molecule has 2 aromatic carbocycles. The molecule has 0 bridgehead atoms. The first-order valence-corrected chi connectivity index (χ1v) is 8.81. The molecule has 0 saturated heterocycles. The predicted molar refractivity (Wildman–Crippen MR) is 101 cm³/mol. The van der Waals surface area contributed by atoms with E-state index in [0.29, 0.717) is 12.1 Å². The molecule has 1 amide bonds. The first-order valence-electron chi connectivity index (χ1n) is 8.81. The number of rotatable bonds is 6. The van der Waals surface area contributed by atoms with Gasteiger partial charge in [-0.05, 0) is 49.5 Å². The zero-order valence-electron chi connectivity index (χ0n) is 15.9. The minimum absolute atomic E-state index is 0.238. The van der Waals surface area contributed by atoms with E-state index in [1.807, 2.05) is 25.1 Å². The molecule has 0 aliphatic rings. The summed E-state index contributed by atoms with van der Waals surface area (Å²) in [5.41, 5.74) is 0.787. The van der Waals surface area contributed by atoms with Crippen molar-refractivity contribution in [1.29, 1.82) is 0 Å². The van der Waals surface area contributed by atoms with Gasteiger partial charge in [-0.1, -0.05) is 24.3 Å². The molecule has 1 heterocycles. The summed E-state index contributed by atoms with van der Waals surface area (Å²) in [5.74, 6) is -0.188. The number of carbonyl (C=O) groups is 1. The van der Waals surface area contributed by atoms with Crippen LogP contribution in [0.5, 0.6) is 0 Å². The summed E-state index contributed by atoms with van der Waals surface area (Å²) in [7, 11) is 3.83. The summed E-state index contributed by atoms with van der Waals surface area (Å²) in [6.45, 7) is 0.653. The fourth-order valence-corrected chi connectivity index (χ4v) is 2.95. The molecule has 152 valence electrons. The van der Waals surface area contributed by atoms with E-state index in [4.69, 9.17) is 0 Å². The van der Waals surface area contributed by atoms with Crippen molar-refractivity contribution in [2.45, 2.75) is 18.8 Å². The first kappa shape index (κ1) is 20.5. The molecule has 0 spiro atoms. The number of nitrogens with zero attached hydrogens (tertiary/aromatic N) is 3. The van der Waals surface area contributed by atoms with E-state index in [9.17, 15) is 18.0 Å². The predicted octanol–water partition coefficient (Wildman–Crippen LogP) is 3.40. The topological polar surface area (TPSA) is 73.9 Å². The molecule has 29 heavy (non-hydrogen) atoms. The summed E-state index contributed by atoms with van der Waals surface area (Å²) in [4.78, 5) is 18.8. The first-order chi connectivity index (χ1) is 13.7. The minimum atomic E-state index is -4.49. The molecule has 2 N–H and O–H groups in total. The van der Waals surface area contributed by atoms with Gasteiger partial charge in [0.05, 0.1) is 5.56 Å². The average molecular weight is 403 g/mol. The number of nitrogens with one attached hydrogen (secondary N) is 2. The summed E-state index contributed by atoms with van der Waals surface area (Å²) in [6, 6.07) is 10.9. The second-order valence-corrected chi connectivity index (χ2v) is 6.84. The molecule has 1 unspecified atom stereocenters. The number of aromatic nitrogens is 3. The molecule has 1 aromatic heterocycles. The van der Waals surface area contributed by atoms with E-state index < -0.39 is 23.7 Å². The Hall–Kier alpha value is -3.20. The highest BCUT2D eigenvalue weighted by Gasteiger charge is 2.31. The highest BCUT2D eigenvalue weighted by Crippen LogP contribution is 2.31. The largest absolute Gasteiger partial charge is 0.416 e. The van der Waals surface area contributed by atoms with Crippen molar-refractivity contribution >= 4 is 5.91 Å². The van der Waals surface area contributed by atoms with Crippen LogP contribution in [0.2, 0.25) is 0 Å². The molecular formula is C20H20F3N5O. The zero-order valence-corrected chi connectivity index (χ0v) is 15.9. The fourth-order valence-electron chi connectivity index (χ4n) is 2.95. The second kappa shape index (κ2) is 8.44. The normalized spacial score (nSPS) is 12.8. The van der Waals surface area contributed by atoms with Crippen LogP contribution in [0.4, 0.5) is 13.2 Å². The van der Waals surface area contributed by atoms with E-state index in [1.54, 1.807) is 18.2 Å². The van der Waals surface area contributed by atoms with Gasteiger partial charge in [-0.3, -0.25) is 9.89 Å². The Labute approximate surface area is 165 Å². The quantitative estimate of drug-likeness (QED) is 0.662. The molecule has 3 aromatic rings. The van der Waals surface area contributed by atoms with Crippen LogP contribution in [0, 0.1) is 0 Å². The number of aromatic amines is 1. The Kier molecular flexibility index (Phi) is 5.97. The second-order valence-electron chi connectivity index (χ2n) is 6.84. The summed E-state index contributed by atoms with van der Waals surface area (Å²) < 4.78 is 39.4. The lowest BCUT2D eigenvalue weighted by Crippen LogP contribution is -2.30. The molecule has 1 atom stereocenters. The molecule has 0 fully saturated rings. The molecule has 0 saturated carbocycles. The maximum atomic E-state index is 13.1. The molecule has 9 heteroatoms. The van der Waals surface area contributed by atoms with Crippen LogP contribution >= 0.6 is 0 Å². The Balaban J connectivity index is 1.91. The highest BCUT2D eigenvalue weighted by molar-refractivity contribution is 5.94. The standard InChI is InChI=1S/C20H20F3N5O/c1-28(2)11-13-5-3-7-15(9-13)19(29)26-17(18-24-12-25-27-18)14-6-4-8-16(10-14)20(21,22)23/h3-10,12,17H,11H2,1-2H3,(H,26,29)(H,24,25,27). The van der Waals surface area contributed by atoms with Gasteiger partial charge in [-0.2, -0.15) is 18.3 Å². The van der Waals surface area contributed by atoms with E-state index >= 15 is 0 Å². The molecule has 0 aliphatic heterocycles. The zero-order chi connectivity index (χ0) is 21.0. The van der Waals surface area contributed by atoms with Gasteiger partial charge in [0, 0.05) is 12.1 Å². The van der Waals surface area contributed by atoms with Gasteiger partial charge in [-0.15, -0.1) is 0 Å². The number of benzene rings is 2. The summed E-state index contributed by atoms with van der Waals surface area (Å²) >= 11 is 0. The lowest BCUT2D eigenvalue weighted by Gasteiger charge is -2.19. The van der Waals surface area contributed by atoms with Crippen LogP contribution in [0.25, 0.3) is 0 Å². The van der Waals surface area contributed by atoms with E-state index in [0.717, 1.165) is 17.7 Å². The SMILES string of the molecule is CN(C)Cc1cccc(C(=O)NC(c2cccc(C(F)(F)F)c2)c2ncn[nH]2)c1. The van der Waals surface area contributed by atoms with Crippen LogP contribution in [-0.2, 0) is 12.7 Å². The molecule has 0 aliphatic carbocycles. The van der Waals surface area contributed by atoms with Gasteiger partial charge in [0.2, 0.25) is 0 Å². The van der Waals surface area contributed by atoms with Crippen molar-refractivity contribution in [3.63, 3.8) is 0 Å².